The first-order valence-corrected chi connectivity index (χ1v) is 6.60. The molecule has 4 nitrogen and oxygen atoms in total. The van der Waals surface area contributed by atoms with Crippen molar-refractivity contribution in [3.63, 3.8) is 0 Å². The minimum Gasteiger partial charge on any atom is -0.464 e. The number of para-hydroxylation sites is 1. The minimum atomic E-state index is -0.391. The molecular formula is C15H18N2O2. The van der Waals surface area contributed by atoms with E-state index >= 15 is 0 Å². The molecule has 0 bridgehead atoms. The van der Waals surface area contributed by atoms with Gasteiger partial charge in [-0.2, -0.15) is 0 Å². The van der Waals surface area contributed by atoms with Crippen LogP contribution in [0.15, 0.2) is 41.0 Å². The van der Waals surface area contributed by atoms with Crippen LogP contribution in [0, 0.1) is 0 Å². The second-order valence-corrected chi connectivity index (χ2v) is 4.85. The highest BCUT2D eigenvalue weighted by Crippen LogP contribution is 2.34. The zero-order valence-corrected chi connectivity index (χ0v) is 11.2. The van der Waals surface area contributed by atoms with Crippen molar-refractivity contribution >= 4 is 16.7 Å². The lowest BCUT2D eigenvalue weighted by molar-refractivity contribution is -0.142. The largest absolute Gasteiger partial charge is 0.464 e. The van der Waals surface area contributed by atoms with Crippen LogP contribution in [0.25, 0.3) is 16.7 Å². The number of nitrogens with zero attached hydrogens (tertiary/aromatic N) is 1. The average Bonchev–Trinajstić information content (AvgIpc) is 3.01. The minimum absolute atomic E-state index is 0.272. The lowest BCUT2D eigenvalue weighted by Gasteiger charge is -2.27. The van der Waals surface area contributed by atoms with E-state index in [0.717, 1.165) is 28.7 Å². The third kappa shape index (κ3) is 2.03. The van der Waals surface area contributed by atoms with Crippen LogP contribution in [0.2, 0.25) is 0 Å². The van der Waals surface area contributed by atoms with E-state index in [0.29, 0.717) is 0 Å². The predicted molar refractivity (Wildman–Crippen MR) is 74.8 cm³/mol. The van der Waals surface area contributed by atoms with Gasteiger partial charge in [0.25, 0.3) is 0 Å². The van der Waals surface area contributed by atoms with Crippen molar-refractivity contribution in [2.45, 2.75) is 32.5 Å². The molecule has 100 valence electrons. The van der Waals surface area contributed by atoms with Crippen LogP contribution in [0.4, 0.5) is 0 Å². The standard InChI is InChI=1S/C15H18N2O2/c1-3-10(2)17-13(8-15(16)19-17)12-9-18-14-7-5-4-6-11(12)14/h4-10,15H,3,16H2,1-2H3. The molecule has 0 saturated heterocycles. The molecule has 1 aromatic carbocycles. The second kappa shape index (κ2) is 4.72. The number of nitrogens with two attached hydrogens (primary N) is 1. The predicted octanol–water partition coefficient (Wildman–Crippen LogP) is 3.10. The molecule has 2 aromatic rings. The molecule has 1 aliphatic heterocycles. The summed E-state index contributed by atoms with van der Waals surface area (Å²) in [6.07, 6.45) is 4.30. The van der Waals surface area contributed by atoms with Crippen LogP contribution in [0.5, 0.6) is 0 Å². The van der Waals surface area contributed by atoms with Crippen LogP contribution in [0.1, 0.15) is 25.8 Å². The van der Waals surface area contributed by atoms with Gasteiger partial charge in [0.1, 0.15) is 11.8 Å². The van der Waals surface area contributed by atoms with Crippen LogP contribution < -0.4 is 5.73 Å². The summed E-state index contributed by atoms with van der Waals surface area (Å²) in [5, 5.41) is 2.97. The van der Waals surface area contributed by atoms with E-state index in [1.165, 1.54) is 0 Å². The summed E-state index contributed by atoms with van der Waals surface area (Å²) in [6, 6.07) is 8.25. The maximum atomic E-state index is 5.89. The number of benzene rings is 1. The summed E-state index contributed by atoms with van der Waals surface area (Å²) in [5.41, 5.74) is 8.79. The van der Waals surface area contributed by atoms with Gasteiger partial charge in [0.05, 0.1) is 11.7 Å². The van der Waals surface area contributed by atoms with Gasteiger partial charge in [0.15, 0.2) is 6.23 Å². The molecule has 2 heterocycles. The summed E-state index contributed by atoms with van der Waals surface area (Å²) in [6.45, 7) is 4.25. The third-order valence-corrected chi connectivity index (χ3v) is 3.54. The van der Waals surface area contributed by atoms with E-state index in [2.05, 4.69) is 13.8 Å². The van der Waals surface area contributed by atoms with Crippen molar-refractivity contribution in [2.75, 3.05) is 0 Å². The van der Waals surface area contributed by atoms with E-state index in [4.69, 9.17) is 15.0 Å². The number of furan rings is 1. The van der Waals surface area contributed by atoms with E-state index in [1.807, 2.05) is 35.4 Å². The molecule has 0 fully saturated rings. The number of hydroxylamine groups is 2. The molecule has 4 heteroatoms. The first-order chi connectivity index (χ1) is 9.20. The van der Waals surface area contributed by atoms with Gasteiger partial charge < -0.3 is 10.2 Å². The molecule has 0 aliphatic carbocycles. The molecule has 1 aromatic heterocycles. The molecule has 2 N–H and O–H groups in total. The lowest BCUT2D eigenvalue weighted by Crippen LogP contribution is -2.32. The van der Waals surface area contributed by atoms with Gasteiger partial charge >= 0.3 is 0 Å². The molecule has 19 heavy (non-hydrogen) atoms. The SMILES string of the molecule is CCC(C)N1OC(N)C=C1c1coc2ccccc12. The molecule has 0 spiro atoms. The molecule has 2 atom stereocenters. The summed E-state index contributed by atoms with van der Waals surface area (Å²) >= 11 is 0. The van der Waals surface area contributed by atoms with E-state index in [9.17, 15) is 0 Å². The van der Waals surface area contributed by atoms with Gasteiger partial charge in [-0.05, 0) is 25.5 Å². The van der Waals surface area contributed by atoms with Crippen LogP contribution >= 0.6 is 0 Å². The van der Waals surface area contributed by atoms with Gasteiger partial charge in [0, 0.05) is 10.9 Å². The molecule has 0 saturated carbocycles. The van der Waals surface area contributed by atoms with Crippen molar-refractivity contribution in [1.82, 2.24) is 5.06 Å². The maximum absolute atomic E-state index is 5.89. The van der Waals surface area contributed by atoms with Crippen molar-refractivity contribution in [3.05, 3.63) is 42.2 Å². The Hall–Kier alpha value is -1.78. The monoisotopic (exact) mass is 258 g/mol. The average molecular weight is 258 g/mol. The molecule has 0 radical (unpaired) electrons. The first-order valence-electron chi connectivity index (χ1n) is 6.60. The van der Waals surface area contributed by atoms with E-state index in [1.54, 1.807) is 6.26 Å². The quantitative estimate of drug-likeness (QED) is 0.919. The first kappa shape index (κ1) is 12.3. The Bertz CT molecular complexity index is 617. The van der Waals surface area contributed by atoms with Crippen molar-refractivity contribution in [2.24, 2.45) is 5.73 Å². The number of fused-ring (bicyclic) bond motifs is 1. The summed E-state index contributed by atoms with van der Waals surface area (Å²) < 4.78 is 5.59. The fourth-order valence-corrected chi connectivity index (χ4v) is 2.34. The lowest BCUT2D eigenvalue weighted by atomic mass is 10.1. The van der Waals surface area contributed by atoms with Crippen LogP contribution in [0.3, 0.4) is 0 Å². The fourth-order valence-electron chi connectivity index (χ4n) is 2.34. The van der Waals surface area contributed by atoms with Gasteiger partial charge in [-0.3, -0.25) is 4.84 Å². The Labute approximate surface area is 112 Å². The van der Waals surface area contributed by atoms with Crippen molar-refractivity contribution < 1.29 is 9.25 Å². The highest BCUT2D eigenvalue weighted by molar-refractivity contribution is 5.90. The zero-order chi connectivity index (χ0) is 13.4. The Morgan fingerprint density at radius 1 is 1.37 bits per heavy atom. The van der Waals surface area contributed by atoms with E-state index in [-0.39, 0.29) is 6.04 Å². The Morgan fingerprint density at radius 3 is 2.95 bits per heavy atom. The Kier molecular flexibility index (Phi) is 3.05. The van der Waals surface area contributed by atoms with Gasteiger partial charge in [-0.15, -0.1) is 0 Å². The smallest absolute Gasteiger partial charge is 0.155 e. The molecule has 0 amide bonds. The third-order valence-electron chi connectivity index (χ3n) is 3.54. The van der Waals surface area contributed by atoms with Crippen molar-refractivity contribution in [3.8, 4) is 0 Å². The highest BCUT2D eigenvalue weighted by Gasteiger charge is 2.28. The summed E-state index contributed by atoms with van der Waals surface area (Å²) in [7, 11) is 0. The number of rotatable bonds is 3. The van der Waals surface area contributed by atoms with Crippen LogP contribution in [-0.4, -0.2) is 17.3 Å². The topological polar surface area (TPSA) is 51.6 Å². The molecule has 3 rings (SSSR count). The maximum Gasteiger partial charge on any atom is 0.155 e. The van der Waals surface area contributed by atoms with E-state index < -0.39 is 6.23 Å². The van der Waals surface area contributed by atoms with Crippen molar-refractivity contribution in [1.29, 1.82) is 0 Å². The fraction of sp³-hybridized carbons (Fsp3) is 0.333. The Balaban J connectivity index is 2.06. The number of hydrogen-bond donors (Lipinski definition) is 1. The second-order valence-electron chi connectivity index (χ2n) is 4.85. The molecule has 2 unspecified atom stereocenters. The normalized spacial score (nSPS) is 20.9. The zero-order valence-electron chi connectivity index (χ0n) is 11.2. The molecular weight excluding hydrogens is 240 g/mol. The van der Waals surface area contributed by atoms with Gasteiger partial charge in [-0.1, -0.05) is 25.1 Å². The number of hydrogen-bond acceptors (Lipinski definition) is 4. The summed E-state index contributed by atoms with van der Waals surface area (Å²) in [5.74, 6) is 0. The Morgan fingerprint density at radius 2 is 2.16 bits per heavy atom. The summed E-state index contributed by atoms with van der Waals surface area (Å²) in [4.78, 5) is 5.68. The van der Waals surface area contributed by atoms with Gasteiger partial charge in [0.2, 0.25) is 0 Å². The van der Waals surface area contributed by atoms with Gasteiger partial charge in [-0.25, -0.2) is 5.06 Å². The highest BCUT2D eigenvalue weighted by atomic mass is 16.7. The molecule has 1 aliphatic rings. The van der Waals surface area contributed by atoms with Crippen LogP contribution in [-0.2, 0) is 4.84 Å².